The lowest BCUT2D eigenvalue weighted by Gasteiger charge is -2.25. The van der Waals surface area contributed by atoms with E-state index in [1.807, 2.05) is 19.1 Å². The summed E-state index contributed by atoms with van der Waals surface area (Å²) in [4.78, 5) is 22.8. The van der Waals surface area contributed by atoms with Crippen LogP contribution < -0.4 is 5.32 Å². The largest absolute Gasteiger partial charge is 0.481 e. The van der Waals surface area contributed by atoms with Crippen molar-refractivity contribution in [2.45, 2.75) is 39.2 Å². The third-order valence-corrected chi connectivity index (χ3v) is 3.68. The van der Waals surface area contributed by atoms with E-state index in [-0.39, 0.29) is 17.7 Å². The summed E-state index contributed by atoms with van der Waals surface area (Å²) in [5.41, 5.74) is 0. The van der Waals surface area contributed by atoms with E-state index in [2.05, 4.69) is 5.32 Å². The SMILES string of the molecule is Cc1ccc(CNC(=O)C2CCC(C(=O)O)CC2)o1. The average molecular weight is 265 g/mol. The van der Waals surface area contributed by atoms with Crippen LogP contribution in [0.4, 0.5) is 0 Å². The molecule has 0 bridgehead atoms. The van der Waals surface area contributed by atoms with Crippen molar-refractivity contribution in [2.75, 3.05) is 0 Å². The second-order valence-electron chi connectivity index (χ2n) is 5.12. The molecule has 1 aromatic rings. The fraction of sp³-hybridized carbons (Fsp3) is 0.571. The van der Waals surface area contributed by atoms with Crippen LogP contribution in [0.2, 0.25) is 0 Å². The molecule has 1 aromatic heterocycles. The van der Waals surface area contributed by atoms with Gasteiger partial charge in [-0.3, -0.25) is 9.59 Å². The molecular weight excluding hydrogens is 246 g/mol. The minimum absolute atomic E-state index is 0.00195. The van der Waals surface area contributed by atoms with Gasteiger partial charge < -0.3 is 14.8 Å². The van der Waals surface area contributed by atoms with Gasteiger partial charge in [-0.25, -0.2) is 0 Å². The van der Waals surface area contributed by atoms with E-state index < -0.39 is 5.97 Å². The first-order valence-electron chi connectivity index (χ1n) is 6.62. The molecule has 0 spiro atoms. The third kappa shape index (κ3) is 3.59. The van der Waals surface area contributed by atoms with Gasteiger partial charge in [0.2, 0.25) is 5.91 Å². The normalized spacial score (nSPS) is 23.0. The number of hydrogen-bond donors (Lipinski definition) is 2. The summed E-state index contributed by atoms with van der Waals surface area (Å²) in [7, 11) is 0. The smallest absolute Gasteiger partial charge is 0.306 e. The highest BCUT2D eigenvalue weighted by Gasteiger charge is 2.29. The van der Waals surface area contributed by atoms with Gasteiger partial charge in [-0.15, -0.1) is 0 Å². The molecule has 0 unspecified atom stereocenters. The first kappa shape index (κ1) is 13.6. The summed E-state index contributed by atoms with van der Waals surface area (Å²) >= 11 is 0. The molecular formula is C14H19NO4. The molecule has 2 rings (SSSR count). The predicted molar refractivity (Wildman–Crippen MR) is 68.4 cm³/mol. The Morgan fingerprint density at radius 1 is 1.26 bits per heavy atom. The number of rotatable bonds is 4. The molecule has 5 heteroatoms. The van der Waals surface area contributed by atoms with E-state index in [9.17, 15) is 9.59 Å². The Labute approximate surface area is 112 Å². The summed E-state index contributed by atoms with van der Waals surface area (Å²) in [6.07, 6.45) is 2.49. The Balaban J connectivity index is 1.77. The van der Waals surface area contributed by atoms with Gasteiger partial charge in [0.25, 0.3) is 0 Å². The van der Waals surface area contributed by atoms with Crippen molar-refractivity contribution in [1.82, 2.24) is 5.32 Å². The number of hydrogen-bond acceptors (Lipinski definition) is 3. The zero-order valence-corrected chi connectivity index (χ0v) is 11.0. The molecule has 1 aliphatic rings. The molecule has 0 saturated heterocycles. The van der Waals surface area contributed by atoms with Crippen LogP contribution in [0.1, 0.15) is 37.2 Å². The van der Waals surface area contributed by atoms with Crippen LogP contribution in [0.5, 0.6) is 0 Å². The number of amides is 1. The molecule has 1 aliphatic carbocycles. The van der Waals surface area contributed by atoms with E-state index in [1.165, 1.54) is 0 Å². The van der Waals surface area contributed by atoms with Crippen LogP contribution in [-0.4, -0.2) is 17.0 Å². The Hall–Kier alpha value is -1.78. The lowest BCUT2D eigenvalue weighted by atomic mass is 9.81. The summed E-state index contributed by atoms with van der Waals surface area (Å²) in [6.45, 7) is 2.25. The second kappa shape index (κ2) is 5.91. The average Bonchev–Trinajstić information content (AvgIpc) is 2.82. The Morgan fingerprint density at radius 3 is 2.42 bits per heavy atom. The summed E-state index contributed by atoms with van der Waals surface area (Å²) < 4.78 is 5.38. The first-order chi connectivity index (χ1) is 9.06. The molecule has 19 heavy (non-hydrogen) atoms. The van der Waals surface area contributed by atoms with E-state index in [4.69, 9.17) is 9.52 Å². The molecule has 0 aliphatic heterocycles. The minimum atomic E-state index is -0.745. The maximum absolute atomic E-state index is 12.0. The van der Waals surface area contributed by atoms with Crippen LogP contribution in [0.25, 0.3) is 0 Å². The van der Waals surface area contributed by atoms with Crippen molar-refractivity contribution in [3.05, 3.63) is 23.7 Å². The van der Waals surface area contributed by atoms with E-state index >= 15 is 0 Å². The Bertz CT molecular complexity index is 458. The van der Waals surface area contributed by atoms with E-state index in [1.54, 1.807) is 0 Å². The number of furan rings is 1. The van der Waals surface area contributed by atoms with Crippen LogP contribution >= 0.6 is 0 Å². The quantitative estimate of drug-likeness (QED) is 0.873. The maximum Gasteiger partial charge on any atom is 0.306 e. The number of carboxylic acid groups (broad SMARTS) is 1. The van der Waals surface area contributed by atoms with Crippen molar-refractivity contribution in [1.29, 1.82) is 0 Å². The van der Waals surface area contributed by atoms with Crippen molar-refractivity contribution in [2.24, 2.45) is 11.8 Å². The zero-order valence-electron chi connectivity index (χ0n) is 11.0. The van der Waals surface area contributed by atoms with Crippen LogP contribution in [0.15, 0.2) is 16.5 Å². The summed E-state index contributed by atoms with van der Waals surface area (Å²) in [5.74, 6) is 0.475. The van der Waals surface area contributed by atoms with Gasteiger partial charge in [-0.2, -0.15) is 0 Å². The molecule has 1 amide bonds. The number of aliphatic carboxylic acids is 1. The van der Waals surface area contributed by atoms with E-state index in [0.29, 0.717) is 32.2 Å². The molecule has 0 atom stereocenters. The van der Waals surface area contributed by atoms with E-state index in [0.717, 1.165) is 11.5 Å². The number of nitrogens with one attached hydrogen (secondary N) is 1. The minimum Gasteiger partial charge on any atom is -0.481 e. The predicted octanol–water partition coefficient (Wildman–Crippen LogP) is 2.10. The second-order valence-corrected chi connectivity index (χ2v) is 5.12. The van der Waals surface area contributed by atoms with Crippen LogP contribution in [-0.2, 0) is 16.1 Å². The van der Waals surface area contributed by atoms with Crippen LogP contribution in [0.3, 0.4) is 0 Å². The van der Waals surface area contributed by atoms with Gasteiger partial charge in [0.1, 0.15) is 11.5 Å². The molecule has 1 saturated carbocycles. The van der Waals surface area contributed by atoms with Gasteiger partial charge in [0, 0.05) is 5.92 Å². The van der Waals surface area contributed by atoms with Gasteiger partial charge >= 0.3 is 5.97 Å². The zero-order chi connectivity index (χ0) is 13.8. The fourth-order valence-corrected chi connectivity index (χ4v) is 2.50. The molecule has 1 fully saturated rings. The third-order valence-electron chi connectivity index (χ3n) is 3.68. The monoisotopic (exact) mass is 265 g/mol. The van der Waals surface area contributed by atoms with Crippen LogP contribution in [0, 0.1) is 18.8 Å². The van der Waals surface area contributed by atoms with Crippen molar-refractivity contribution in [3.8, 4) is 0 Å². The molecule has 5 nitrogen and oxygen atoms in total. The molecule has 0 aromatic carbocycles. The Kier molecular flexibility index (Phi) is 4.24. The lowest BCUT2D eigenvalue weighted by molar-refractivity contribution is -0.144. The maximum atomic E-state index is 12.0. The standard InChI is InChI=1S/C14H19NO4/c1-9-2-7-12(19-9)8-15-13(16)10-3-5-11(6-4-10)14(17)18/h2,7,10-11H,3-6,8H2,1H3,(H,15,16)(H,17,18). The van der Waals surface area contributed by atoms with Crippen molar-refractivity contribution in [3.63, 3.8) is 0 Å². The van der Waals surface area contributed by atoms with Gasteiger partial charge in [-0.1, -0.05) is 0 Å². The number of carbonyl (C=O) groups is 2. The van der Waals surface area contributed by atoms with Gasteiger partial charge in [-0.05, 0) is 44.7 Å². The fourth-order valence-electron chi connectivity index (χ4n) is 2.50. The number of carbonyl (C=O) groups excluding carboxylic acids is 1. The highest BCUT2D eigenvalue weighted by atomic mass is 16.4. The van der Waals surface area contributed by atoms with Crippen molar-refractivity contribution >= 4 is 11.9 Å². The first-order valence-corrected chi connectivity index (χ1v) is 6.62. The summed E-state index contributed by atoms with van der Waals surface area (Å²) in [6, 6.07) is 3.70. The number of carboxylic acids is 1. The molecule has 2 N–H and O–H groups in total. The number of aryl methyl sites for hydroxylation is 1. The molecule has 1 heterocycles. The lowest BCUT2D eigenvalue weighted by Crippen LogP contribution is -2.34. The topological polar surface area (TPSA) is 79.5 Å². The highest BCUT2D eigenvalue weighted by molar-refractivity contribution is 5.79. The van der Waals surface area contributed by atoms with Crippen molar-refractivity contribution < 1.29 is 19.1 Å². The van der Waals surface area contributed by atoms with Gasteiger partial charge in [0.15, 0.2) is 0 Å². The highest BCUT2D eigenvalue weighted by Crippen LogP contribution is 2.29. The van der Waals surface area contributed by atoms with Gasteiger partial charge in [0.05, 0.1) is 12.5 Å². The molecule has 104 valence electrons. The molecule has 0 radical (unpaired) electrons. The summed E-state index contributed by atoms with van der Waals surface area (Å²) in [5, 5.41) is 11.8. The Morgan fingerprint density at radius 2 is 1.89 bits per heavy atom.